The van der Waals surface area contributed by atoms with Gasteiger partial charge in [0.05, 0.1) is 17.3 Å². The molecule has 2 aromatic heterocycles. The van der Waals surface area contributed by atoms with Crippen molar-refractivity contribution in [2.24, 2.45) is 0 Å². The van der Waals surface area contributed by atoms with Crippen LogP contribution < -0.4 is 10.9 Å². The van der Waals surface area contributed by atoms with Gasteiger partial charge in [0.2, 0.25) is 5.91 Å². The summed E-state index contributed by atoms with van der Waals surface area (Å²) >= 11 is 1.24. The number of thiophene rings is 1. The Labute approximate surface area is 189 Å². The number of anilines is 1. The van der Waals surface area contributed by atoms with E-state index in [1.165, 1.54) is 46.5 Å². The maximum Gasteiger partial charge on any atom is 0.416 e. The Balaban J connectivity index is 1.70. The zero-order valence-electron chi connectivity index (χ0n) is 17.2. The molecule has 10 heteroatoms. The molecule has 0 saturated heterocycles. The molecule has 0 radical (unpaired) electrons. The van der Waals surface area contributed by atoms with Crippen LogP contribution in [0.4, 0.5) is 23.2 Å². The van der Waals surface area contributed by atoms with Gasteiger partial charge in [0.15, 0.2) is 0 Å². The van der Waals surface area contributed by atoms with E-state index in [9.17, 15) is 27.2 Å². The van der Waals surface area contributed by atoms with E-state index in [1.54, 1.807) is 24.4 Å². The summed E-state index contributed by atoms with van der Waals surface area (Å²) in [7, 11) is 0. The van der Waals surface area contributed by atoms with Crippen LogP contribution in [0.15, 0.2) is 65.0 Å². The van der Waals surface area contributed by atoms with Crippen molar-refractivity contribution in [3.05, 3.63) is 82.0 Å². The van der Waals surface area contributed by atoms with Gasteiger partial charge in [-0.2, -0.15) is 13.2 Å². The molecule has 4 rings (SSSR count). The molecule has 33 heavy (non-hydrogen) atoms. The normalized spacial score (nSPS) is 12.6. The largest absolute Gasteiger partial charge is 0.416 e. The van der Waals surface area contributed by atoms with Gasteiger partial charge in [-0.3, -0.25) is 14.2 Å². The lowest BCUT2D eigenvalue weighted by molar-refractivity contribution is -0.137. The monoisotopic (exact) mass is 475 g/mol. The molecule has 0 aliphatic rings. The van der Waals surface area contributed by atoms with Crippen molar-refractivity contribution in [1.29, 1.82) is 0 Å². The third-order valence-corrected chi connectivity index (χ3v) is 6.04. The van der Waals surface area contributed by atoms with E-state index in [4.69, 9.17) is 0 Å². The van der Waals surface area contributed by atoms with Gasteiger partial charge in [-0.05, 0) is 42.3 Å². The smallest absolute Gasteiger partial charge is 0.324 e. The molecule has 2 heterocycles. The summed E-state index contributed by atoms with van der Waals surface area (Å²) < 4.78 is 53.4. The van der Waals surface area contributed by atoms with Crippen LogP contribution in [-0.2, 0) is 11.0 Å². The predicted molar refractivity (Wildman–Crippen MR) is 119 cm³/mol. The fourth-order valence-corrected chi connectivity index (χ4v) is 4.42. The molecular weight excluding hydrogens is 458 g/mol. The van der Waals surface area contributed by atoms with Crippen molar-refractivity contribution in [3.8, 4) is 11.1 Å². The van der Waals surface area contributed by atoms with E-state index < -0.39 is 35.1 Å². The molecule has 1 atom stereocenters. The van der Waals surface area contributed by atoms with Crippen LogP contribution in [0.25, 0.3) is 21.3 Å². The number of hydrogen-bond acceptors (Lipinski definition) is 4. The molecular formula is C23H17F4N3O2S. The van der Waals surface area contributed by atoms with Gasteiger partial charge in [0.1, 0.15) is 16.7 Å². The highest BCUT2D eigenvalue weighted by Gasteiger charge is 2.31. The third-order valence-electron chi connectivity index (χ3n) is 5.16. The molecule has 0 aliphatic carbocycles. The molecule has 0 saturated carbocycles. The molecule has 1 amide bonds. The Bertz CT molecular complexity index is 1380. The number of nitrogens with zero attached hydrogens (tertiary/aromatic N) is 2. The third kappa shape index (κ3) is 4.51. The van der Waals surface area contributed by atoms with Crippen molar-refractivity contribution in [2.75, 3.05) is 5.32 Å². The minimum absolute atomic E-state index is 0.0297. The van der Waals surface area contributed by atoms with Crippen molar-refractivity contribution >= 4 is 33.1 Å². The molecule has 1 N–H and O–H groups in total. The molecule has 0 spiro atoms. The number of carbonyl (C=O) groups excluding carboxylic acids is 1. The molecule has 4 aromatic rings. The van der Waals surface area contributed by atoms with Gasteiger partial charge in [-0.25, -0.2) is 9.37 Å². The number of nitrogens with one attached hydrogen (secondary N) is 1. The van der Waals surface area contributed by atoms with Gasteiger partial charge >= 0.3 is 6.18 Å². The van der Waals surface area contributed by atoms with Gasteiger partial charge in [0.25, 0.3) is 5.56 Å². The van der Waals surface area contributed by atoms with E-state index >= 15 is 0 Å². The van der Waals surface area contributed by atoms with Gasteiger partial charge < -0.3 is 5.32 Å². The quantitative estimate of drug-likeness (QED) is 0.367. The number of fused-ring (bicyclic) bond motifs is 1. The van der Waals surface area contributed by atoms with E-state index in [0.29, 0.717) is 21.3 Å². The maximum atomic E-state index is 13.3. The second kappa shape index (κ2) is 8.78. The van der Waals surface area contributed by atoms with Crippen molar-refractivity contribution < 1.29 is 22.4 Å². The molecule has 0 fully saturated rings. The number of benzene rings is 2. The minimum atomic E-state index is -4.55. The molecule has 0 aliphatic heterocycles. The van der Waals surface area contributed by atoms with E-state index in [-0.39, 0.29) is 12.1 Å². The Hall–Kier alpha value is -3.53. The van der Waals surface area contributed by atoms with Crippen LogP contribution in [0.2, 0.25) is 0 Å². The first-order valence-electron chi connectivity index (χ1n) is 9.91. The van der Waals surface area contributed by atoms with Crippen LogP contribution in [0.3, 0.4) is 0 Å². The standard InChI is InChI=1S/C23H17F4N3O2S/c1-2-18(20(31)29-16-5-3-4-14(10-16)23(25,26)27)30-12-28-21-19(22(30)32)17(11-33-21)13-6-8-15(24)9-7-13/h3-12,18H,2H2,1H3,(H,29,31). The van der Waals surface area contributed by atoms with Gasteiger partial charge in [0, 0.05) is 16.6 Å². The summed E-state index contributed by atoms with van der Waals surface area (Å²) in [6, 6.07) is 8.94. The van der Waals surface area contributed by atoms with E-state index in [1.807, 2.05) is 0 Å². The average Bonchev–Trinajstić information content (AvgIpc) is 3.21. The number of aromatic nitrogens is 2. The zero-order chi connectivity index (χ0) is 23.8. The summed E-state index contributed by atoms with van der Waals surface area (Å²) in [6.07, 6.45) is -3.09. The number of alkyl halides is 3. The first-order valence-corrected chi connectivity index (χ1v) is 10.8. The Morgan fingerprint density at radius 1 is 1.18 bits per heavy atom. The van der Waals surface area contributed by atoms with Crippen LogP contribution >= 0.6 is 11.3 Å². The first kappa shape index (κ1) is 22.7. The predicted octanol–water partition coefficient (Wildman–Crippen LogP) is 5.87. The van der Waals surface area contributed by atoms with Gasteiger partial charge in [-0.15, -0.1) is 11.3 Å². The van der Waals surface area contributed by atoms with E-state index in [2.05, 4.69) is 10.3 Å². The highest BCUT2D eigenvalue weighted by Crippen LogP contribution is 2.32. The SMILES string of the molecule is CCC(C(=O)Nc1cccc(C(F)(F)F)c1)n1cnc2scc(-c3ccc(F)cc3)c2c1=O. The lowest BCUT2D eigenvalue weighted by Crippen LogP contribution is -2.33. The maximum absolute atomic E-state index is 13.3. The van der Waals surface area contributed by atoms with E-state index in [0.717, 1.165) is 12.1 Å². The zero-order valence-corrected chi connectivity index (χ0v) is 18.0. The Morgan fingerprint density at radius 2 is 1.91 bits per heavy atom. The number of rotatable bonds is 5. The number of carbonyl (C=O) groups is 1. The molecule has 0 bridgehead atoms. The average molecular weight is 475 g/mol. The highest BCUT2D eigenvalue weighted by molar-refractivity contribution is 7.17. The number of amides is 1. The van der Waals surface area contributed by atoms with Crippen LogP contribution in [0, 0.1) is 5.82 Å². The lowest BCUT2D eigenvalue weighted by atomic mass is 10.1. The van der Waals surface area contributed by atoms with Crippen LogP contribution in [-0.4, -0.2) is 15.5 Å². The summed E-state index contributed by atoms with van der Waals surface area (Å²) in [5.74, 6) is -1.05. The fraction of sp³-hybridized carbons (Fsp3) is 0.174. The summed E-state index contributed by atoms with van der Waals surface area (Å²) in [4.78, 5) is 31.0. The van der Waals surface area contributed by atoms with Crippen molar-refractivity contribution in [2.45, 2.75) is 25.6 Å². The highest BCUT2D eigenvalue weighted by atomic mass is 32.1. The molecule has 5 nitrogen and oxygen atoms in total. The Kier molecular flexibility index (Phi) is 6.03. The minimum Gasteiger partial charge on any atom is -0.324 e. The molecule has 170 valence electrons. The Morgan fingerprint density at radius 3 is 2.58 bits per heavy atom. The fourth-order valence-electron chi connectivity index (χ4n) is 3.52. The lowest BCUT2D eigenvalue weighted by Gasteiger charge is -2.18. The summed E-state index contributed by atoms with van der Waals surface area (Å²) in [5, 5.41) is 4.49. The summed E-state index contributed by atoms with van der Waals surface area (Å²) in [6.45, 7) is 1.68. The summed E-state index contributed by atoms with van der Waals surface area (Å²) in [5.41, 5.74) is -0.198. The molecule has 2 aromatic carbocycles. The second-order valence-corrected chi connectivity index (χ2v) is 8.14. The van der Waals surface area contributed by atoms with Gasteiger partial charge in [-0.1, -0.05) is 25.1 Å². The molecule has 1 unspecified atom stereocenters. The topological polar surface area (TPSA) is 64.0 Å². The number of halogens is 4. The van der Waals surface area contributed by atoms with Crippen molar-refractivity contribution in [1.82, 2.24) is 9.55 Å². The van der Waals surface area contributed by atoms with Crippen LogP contribution in [0.5, 0.6) is 0 Å². The van der Waals surface area contributed by atoms with Crippen LogP contribution in [0.1, 0.15) is 24.9 Å². The number of hydrogen-bond donors (Lipinski definition) is 1. The first-order chi connectivity index (χ1) is 15.7. The van der Waals surface area contributed by atoms with Crippen molar-refractivity contribution in [3.63, 3.8) is 0 Å². The second-order valence-electron chi connectivity index (χ2n) is 7.29.